The smallest absolute Gasteiger partial charge is 0.0445 e. The third kappa shape index (κ3) is 6.27. The van der Waals surface area contributed by atoms with E-state index >= 15 is 0 Å². The van der Waals surface area contributed by atoms with Gasteiger partial charge in [-0.2, -0.15) is 0 Å². The van der Waals surface area contributed by atoms with Crippen LogP contribution in [-0.2, 0) is 0 Å². The number of nitrogens with zero attached hydrogens (tertiary/aromatic N) is 1. The van der Waals surface area contributed by atoms with Gasteiger partial charge in [0.25, 0.3) is 0 Å². The van der Waals surface area contributed by atoms with E-state index in [1.807, 2.05) is 0 Å². The van der Waals surface area contributed by atoms with Crippen molar-refractivity contribution in [2.24, 2.45) is 11.8 Å². The zero-order valence-corrected chi connectivity index (χ0v) is 20.9. The van der Waals surface area contributed by atoms with Crippen molar-refractivity contribution in [3.05, 3.63) is 59.0 Å². The first-order valence-electron chi connectivity index (χ1n) is 13.1. The second-order valence-electron chi connectivity index (χ2n) is 10.7. The third-order valence-electron chi connectivity index (χ3n) is 8.17. The Morgan fingerprint density at radius 3 is 2.16 bits per heavy atom. The molecule has 2 saturated carbocycles. The van der Waals surface area contributed by atoms with E-state index in [0.717, 1.165) is 5.92 Å². The van der Waals surface area contributed by atoms with Crippen molar-refractivity contribution in [1.29, 1.82) is 0 Å². The van der Waals surface area contributed by atoms with Crippen LogP contribution in [0.1, 0.15) is 111 Å². The van der Waals surface area contributed by atoms with Gasteiger partial charge in [-0.15, -0.1) is 0 Å². The standard InChI is InChI=1S/C30H47N/c1-22(2)25(5)30(21-24(4)27-13-9-7-10-14-27)31(29-19-17-23(3)18-20-29)26(6)28-15-11-8-12-16-28/h13,21,23,28-29H,1,6-12,14-20H2,2-5H3/b24-21+,30-25-. The lowest BCUT2D eigenvalue weighted by molar-refractivity contribution is 0.191. The Labute approximate surface area is 193 Å². The van der Waals surface area contributed by atoms with Crippen LogP contribution in [0.25, 0.3) is 0 Å². The summed E-state index contributed by atoms with van der Waals surface area (Å²) in [7, 11) is 0. The highest BCUT2D eigenvalue weighted by Crippen LogP contribution is 2.40. The molecule has 0 aromatic heterocycles. The quantitative estimate of drug-likeness (QED) is 0.370. The summed E-state index contributed by atoms with van der Waals surface area (Å²) in [6.45, 7) is 18.3. The number of hydrogen-bond acceptors (Lipinski definition) is 1. The summed E-state index contributed by atoms with van der Waals surface area (Å²) < 4.78 is 0. The minimum Gasteiger partial charge on any atom is -0.342 e. The molecule has 0 saturated heterocycles. The SMILES string of the molecule is C=C(C)/C(C)=C(/C=C(\C)C1=CCCCC1)N(C(=C)C1CCCCC1)C1CCC(C)CC1. The number of rotatable bonds is 7. The van der Waals surface area contributed by atoms with Crippen molar-refractivity contribution >= 4 is 0 Å². The molecule has 0 atom stereocenters. The maximum Gasteiger partial charge on any atom is 0.0445 e. The number of hydrogen-bond donors (Lipinski definition) is 0. The normalized spacial score (nSPS) is 26.7. The molecule has 0 aromatic carbocycles. The van der Waals surface area contributed by atoms with Crippen molar-refractivity contribution in [3.8, 4) is 0 Å². The Morgan fingerprint density at radius 2 is 1.58 bits per heavy atom. The largest absolute Gasteiger partial charge is 0.342 e. The van der Waals surface area contributed by atoms with E-state index in [-0.39, 0.29) is 0 Å². The molecule has 1 heteroatoms. The first-order chi connectivity index (χ1) is 14.9. The molecule has 3 aliphatic rings. The van der Waals surface area contributed by atoms with Crippen LogP contribution < -0.4 is 0 Å². The van der Waals surface area contributed by atoms with Gasteiger partial charge < -0.3 is 4.90 Å². The Bertz CT molecular complexity index is 732. The highest BCUT2D eigenvalue weighted by molar-refractivity contribution is 5.43. The van der Waals surface area contributed by atoms with Crippen LogP contribution in [0.4, 0.5) is 0 Å². The van der Waals surface area contributed by atoms with Gasteiger partial charge in [-0.3, -0.25) is 0 Å². The van der Waals surface area contributed by atoms with E-state index in [0.29, 0.717) is 12.0 Å². The molecule has 0 amide bonds. The molecule has 0 unspecified atom stereocenters. The van der Waals surface area contributed by atoms with E-state index in [9.17, 15) is 0 Å². The van der Waals surface area contributed by atoms with Gasteiger partial charge in [0.15, 0.2) is 0 Å². The van der Waals surface area contributed by atoms with Crippen molar-refractivity contribution in [3.63, 3.8) is 0 Å². The fourth-order valence-electron chi connectivity index (χ4n) is 5.79. The molecule has 3 aliphatic carbocycles. The van der Waals surface area contributed by atoms with E-state index in [4.69, 9.17) is 6.58 Å². The van der Waals surface area contributed by atoms with Crippen molar-refractivity contribution in [2.45, 2.75) is 117 Å². The van der Waals surface area contributed by atoms with Crippen LogP contribution in [0.5, 0.6) is 0 Å². The topological polar surface area (TPSA) is 3.24 Å². The highest BCUT2D eigenvalue weighted by Gasteiger charge is 2.31. The molecule has 0 radical (unpaired) electrons. The zero-order valence-electron chi connectivity index (χ0n) is 20.9. The van der Waals surface area contributed by atoms with E-state index in [1.165, 1.54) is 112 Å². The highest BCUT2D eigenvalue weighted by atomic mass is 15.2. The molecule has 0 heterocycles. The molecule has 2 fully saturated rings. The predicted molar refractivity (Wildman–Crippen MR) is 137 cm³/mol. The van der Waals surface area contributed by atoms with Gasteiger partial charge in [0.05, 0.1) is 0 Å². The third-order valence-corrected chi connectivity index (χ3v) is 8.17. The Balaban J connectivity index is 2.01. The second-order valence-corrected chi connectivity index (χ2v) is 10.7. The molecular weight excluding hydrogens is 374 g/mol. The lowest BCUT2D eigenvalue weighted by Gasteiger charge is -2.43. The van der Waals surface area contributed by atoms with Gasteiger partial charge in [-0.25, -0.2) is 0 Å². The molecule has 0 aliphatic heterocycles. The van der Waals surface area contributed by atoms with Crippen LogP contribution >= 0.6 is 0 Å². The van der Waals surface area contributed by atoms with Crippen LogP contribution in [0.2, 0.25) is 0 Å². The average Bonchev–Trinajstić information content (AvgIpc) is 2.80. The summed E-state index contributed by atoms with van der Waals surface area (Å²) in [6.07, 6.45) is 22.1. The summed E-state index contributed by atoms with van der Waals surface area (Å²) in [5.74, 6) is 1.50. The van der Waals surface area contributed by atoms with Crippen LogP contribution in [0.3, 0.4) is 0 Å². The molecule has 0 N–H and O–H groups in total. The Hall–Kier alpha value is -1.50. The van der Waals surface area contributed by atoms with Gasteiger partial charge in [-0.05, 0) is 120 Å². The molecule has 172 valence electrons. The monoisotopic (exact) mass is 421 g/mol. The molecule has 0 bridgehead atoms. The summed E-state index contributed by atoms with van der Waals surface area (Å²) in [5, 5.41) is 0. The van der Waals surface area contributed by atoms with Crippen molar-refractivity contribution in [1.82, 2.24) is 4.90 Å². The fourth-order valence-corrected chi connectivity index (χ4v) is 5.79. The van der Waals surface area contributed by atoms with Gasteiger partial charge in [0, 0.05) is 17.4 Å². The molecule has 31 heavy (non-hydrogen) atoms. The van der Waals surface area contributed by atoms with E-state index in [1.54, 1.807) is 5.57 Å². The predicted octanol–water partition coefficient (Wildman–Crippen LogP) is 9.26. The summed E-state index contributed by atoms with van der Waals surface area (Å²) >= 11 is 0. The molecule has 1 nitrogen and oxygen atoms in total. The number of allylic oxidation sites excluding steroid dienone is 7. The Morgan fingerprint density at radius 1 is 0.903 bits per heavy atom. The Kier molecular flexibility index (Phi) is 8.87. The fraction of sp³-hybridized carbons (Fsp3) is 0.667. The molecular formula is C30H47N. The summed E-state index contributed by atoms with van der Waals surface area (Å²) in [5.41, 5.74) is 8.29. The zero-order chi connectivity index (χ0) is 22.4. The van der Waals surface area contributed by atoms with Gasteiger partial charge in [0.2, 0.25) is 0 Å². The average molecular weight is 422 g/mol. The second kappa shape index (κ2) is 11.4. The van der Waals surface area contributed by atoms with Crippen LogP contribution in [0, 0.1) is 11.8 Å². The maximum atomic E-state index is 4.77. The van der Waals surface area contributed by atoms with E-state index < -0.39 is 0 Å². The van der Waals surface area contributed by atoms with Gasteiger partial charge in [0.1, 0.15) is 0 Å². The molecule has 3 rings (SSSR count). The first kappa shape index (κ1) is 24.1. The van der Waals surface area contributed by atoms with Gasteiger partial charge in [-0.1, -0.05) is 51.0 Å². The summed E-state index contributed by atoms with van der Waals surface area (Å²) in [6, 6.07) is 0.583. The molecule has 0 spiro atoms. The maximum absolute atomic E-state index is 4.77. The van der Waals surface area contributed by atoms with E-state index in [2.05, 4.69) is 51.3 Å². The summed E-state index contributed by atoms with van der Waals surface area (Å²) in [4.78, 5) is 2.71. The lowest BCUT2D eigenvalue weighted by Crippen LogP contribution is -2.39. The lowest BCUT2D eigenvalue weighted by atomic mass is 9.82. The van der Waals surface area contributed by atoms with Crippen molar-refractivity contribution in [2.75, 3.05) is 0 Å². The minimum absolute atomic E-state index is 0.583. The molecule has 0 aromatic rings. The van der Waals surface area contributed by atoms with Crippen LogP contribution in [-0.4, -0.2) is 10.9 Å². The van der Waals surface area contributed by atoms with Crippen molar-refractivity contribution < 1.29 is 0 Å². The van der Waals surface area contributed by atoms with Gasteiger partial charge >= 0.3 is 0 Å². The first-order valence-corrected chi connectivity index (χ1v) is 13.1. The minimum atomic E-state index is 0.583. The van der Waals surface area contributed by atoms with Crippen LogP contribution in [0.15, 0.2) is 59.0 Å².